The van der Waals surface area contributed by atoms with Crippen molar-refractivity contribution in [2.75, 3.05) is 27.9 Å². The van der Waals surface area contributed by atoms with E-state index in [-0.39, 0.29) is 5.60 Å². The molecule has 0 fully saturated rings. The molecular weight excluding hydrogens is 272 g/mol. The van der Waals surface area contributed by atoms with Gasteiger partial charge in [0.1, 0.15) is 0 Å². The van der Waals surface area contributed by atoms with Gasteiger partial charge in [-0.3, -0.25) is 0 Å². The second-order valence-corrected chi connectivity index (χ2v) is 8.64. The third kappa shape index (κ3) is 7.18. The Kier molecular flexibility index (Phi) is 10.8. The van der Waals surface area contributed by atoms with Crippen LogP contribution in [0.25, 0.3) is 0 Å². The Hall–Kier alpha value is 0.0569. The summed E-state index contributed by atoms with van der Waals surface area (Å²) in [6.45, 7) is 7.42. The molecule has 0 amide bonds. The molecule has 4 nitrogen and oxygen atoms in total. The highest BCUT2D eigenvalue weighted by atomic mass is 28.4. The lowest BCUT2D eigenvalue weighted by molar-refractivity contribution is -0.0462. The van der Waals surface area contributed by atoms with Crippen LogP contribution >= 0.6 is 0 Å². The third-order valence-corrected chi connectivity index (χ3v) is 6.68. The molecule has 5 heteroatoms. The highest BCUT2D eigenvalue weighted by Gasteiger charge is 2.37. The van der Waals surface area contributed by atoms with Gasteiger partial charge >= 0.3 is 8.80 Å². The maximum absolute atomic E-state index is 6.16. The minimum absolute atomic E-state index is 0.0161. The molecule has 0 N–H and O–H groups in total. The van der Waals surface area contributed by atoms with E-state index in [2.05, 4.69) is 20.8 Å². The van der Waals surface area contributed by atoms with E-state index in [4.69, 9.17) is 18.0 Å². The first-order chi connectivity index (χ1) is 9.51. The lowest BCUT2D eigenvalue weighted by Gasteiger charge is -2.30. The molecule has 0 aliphatic heterocycles. The Morgan fingerprint density at radius 3 is 1.90 bits per heavy atom. The van der Waals surface area contributed by atoms with Gasteiger partial charge in [-0.25, -0.2) is 0 Å². The van der Waals surface area contributed by atoms with Crippen LogP contribution in [0.5, 0.6) is 0 Å². The molecule has 0 rings (SSSR count). The van der Waals surface area contributed by atoms with Crippen LogP contribution in [0.2, 0.25) is 6.04 Å². The van der Waals surface area contributed by atoms with E-state index in [1.165, 1.54) is 12.8 Å². The van der Waals surface area contributed by atoms with Crippen molar-refractivity contribution in [1.29, 1.82) is 0 Å². The molecule has 122 valence electrons. The molecule has 0 radical (unpaired) electrons. The molecule has 0 aliphatic rings. The number of rotatable bonds is 13. The number of hydrogen-bond donors (Lipinski definition) is 0. The molecule has 0 saturated heterocycles. The zero-order valence-corrected chi connectivity index (χ0v) is 15.3. The fourth-order valence-corrected chi connectivity index (χ4v) is 4.20. The first-order valence-electron chi connectivity index (χ1n) is 7.80. The molecule has 0 aromatic carbocycles. The largest absolute Gasteiger partial charge is 0.500 e. The van der Waals surface area contributed by atoms with E-state index in [0.29, 0.717) is 0 Å². The normalized spacial score (nSPS) is 15.3. The molecule has 0 spiro atoms. The second-order valence-electron chi connectivity index (χ2n) is 5.55. The molecule has 0 bridgehead atoms. The van der Waals surface area contributed by atoms with Crippen LogP contribution in [0.1, 0.15) is 59.3 Å². The second kappa shape index (κ2) is 10.7. The number of hydrogen-bond acceptors (Lipinski definition) is 4. The van der Waals surface area contributed by atoms with Gasteiger partial charge in [-0.2, -0.15) is 0 Å². The molecular formula is C15H34O4Si. The van der Waals surface area contributed by atoms with Gasteiger partial charge in [0.2, 0.25) is 0 Å². The van der Waals surface area contributed by atoms with Gasteiger partial charge in [0.15, 0.2) is 0 Å². The van der Waals surface area contributed by atoms with Crippen LogP contribution in [-0.2, 0) is 18.0 Å². The SMILES string of the molecule is CCCCC(C)(CCC)OCCC[Si](OC)(OC)OC. The van der Waals surface area contributed by atoms with Crippen LogP contribution in [0.3, 0.4) is 0 Å². The van der Waals surface area contributed by atoms with Crippen LogP contribution in [0.15, 0.2) is 0 Å². The number of unbranched alkanes of at least 4 members (excludes halogenated alkanes) is 1. The Bertz CT molecular complexity index is 226. The van der Waals surface area contributed by atoms with Crippen LogP contribution in [-0.4, -0.2) is 42.3 Å². The quantitative estimate of drug-likeness (QED) is 0.380. The minimum Gasteiger partial charge on any atom is -0.377 e. The maximum Gasteiger partial charge on any atom is 0.500 e. The molecule has 1 atom stereocenters. The van der Waals surface area contributed by atoms with Crippen molar-refractivity contribution in [2.24, 2.45) is 0 Å². The van der Waals surface area contributed by atoms with Gasteiger partial charge in [-0.05, 0) is 26.2 Å². The Labute approximate surface area is 126 Å². The van der Waals surface area contributed by atoms with Crippen molar-refractivity contribution in [3.05, 3.63) is 0 Å². The monoisotopic (exact) mass is 306 g/mol. The minimum atomic E-state index is -2.44. The summed E-state index contributed by atoms with van der Waals surface area (Å²) in [5.41, 5.74) is 0.0161. The van der Waals surface area contributed by atoms with E-state index >= 15 is 0 Å². The van der Waals surface area contributed by atoms with Gasteiger partial charge < -0.3 is 18.0 Å². The summed E-state index contributed by atoms with van der Waals surface area (Å²) < 4.78 is 22.4. The maximum atomic E-state index is 6.16. The molecule has 0 aliphatic carbocycles. The summed E-state index contributed by atoms with van der Waals surface area (Å²) in [5, 5.41) is 0. The van der Waals surface area contributed by atoms with Crippen molar-refractivity contribution in [2.45, 2.75) is 70.9 Å². The zero-order valence-electron chi connectivity index (χ0n) is 14.3. The van der Waals surface area contributed by atoms with E-state index in [1.54, 1.807) is 21.3 Å². The lowest BCUT2D eigenvalue weighted by Crippen LogP contribution is -2.43. The van der Waals surface area contributed by atoms with Gasteiger partial charge in [0, 0.05) is 34.0 Å². The van der Waals surface area contributed by atoms with Crippen LogP contribution in [0.4, 0.5) is 0 Å². The molecule has 20 heavy (non-hydrogen) atoms. The average molecular weight is 307 g/mol. The van der Waals surface area contributed by atoms with Crippen LogP contribution < -0.4 is 0 Å². The Morgan fingerprint density at radius 1 is 0.850 bits per heavy atom. The van der Waals surface area contributed by atoms with E-state index in [0.717, 1.165) is 38.3 Å². The van der Waals surface area contributed by atoms with E-state index in [9.17, 15) is 0 Å². The summed E-state index contributed by atoms with van der Waals surface area (Å²) >= 11 is 0. The predicted octanol–water partition coefficient (Wildman–Crippen LogP) is 4.02. The smallest absolute Gasteiger partial charge is 0.377 e. The van der Waals surface area contributed by atoms with Crippen LogP contribution in [0, 0.1) is 0 Å². The van der Waals surface area contributed by atoms with Gasteiger partial charge in [0.05, 0.1) is 5.60 Å². The summed E-state index contributed by atoms with van der Waals surface area (Å²) in [6.07, 6.45) is 6.77. The Morgan fingerprint density at radius 2 is 1.45 bits per heavy atom. The lowest BCUT2D eigenvalue weighted by atomic mass is 9.93. The zero-order chi connectivity index (χ0) is 15.5. The van der Waals surface area contributed by atoms with E-state index < -0.39 is 8.80 Å². The van der Waals surface area contributed by atoms with Gasteiger partial charge in [0.25, 0.3) is 0 Å². The molecule has 1 unspecified atom stereocenters. The highest BCUT2D eigenvalue weighted by molar-refractivity contribution is 6.60. The predicted molar refractivity (Wildman–Crippen MR) is 85.0 cm³/mol. The fraction of sp³-hybridized carbons (Fsp3) is 1.00. The van der Waals surface area contributed by atoms with Gasteiger partial charge in [-0.15, -0.1) is 0 Å². The summed E-state index contributed by atoms with van der Waals surface area (Å²) in [5.74, 6) is 0. The van der Waals surface area contributed by atoms with Crippen molar-refractivity contribution in [1.82, 2.24) is 0 Å². The highest BCUT2D eigenvalue weighted by Crippen LogP contribution is 2.25. The van der Waals surface area contributed by atoms with Crippen molar-refractivity contribution >= 4 is 8.80 Å². The Balaban J connectivity index is 4.16. The molecule has 0 heterocycles. The van der Waals surface area contributed by atoms with Gasteiger partial charge in [-0.1, -0.05) is 33.1 Å². The molecule has 0 aromatic heterocycles. The molecule has 0 saturated carbocycles. The average Bonchev–Trinajstić information content (AvgIpc) is 2.47. The molecule has 0 aromatic rings. The standard InChI is InChI=1S/C15H34O4Si/c1-7-9-12-15(3,11-8-2)19-13-10-14-20(16-4,17-5)18-6/h7-14H2,1-6H3. The summed E-state index contributed by atoms with van der Waals surface area (Å²) in [4.78, 5) is 0. The summed E-state index contributed by atoms with van der Waals surface area (Å²) in [7, 11) is 2.53. The van der Waals surface area contributed by atoms with Crippen molar-refractivity contribution in [3.63, 3.8) is 0 Å². The van der Waals surface area contributed by atoms with Crippen molar-refractivity contribution < 1.29 is 18.0 Å². The first kappa shape index (κ1) is 20.1. The first-order valence-corrected chi connectivity index (χ1v) is 9.74. The third-order valence-electron chi connectivity index (χ3n) is 3.85. The fourth-order valence-electron chi connectivity index (χ4n) is 2.51. The number of ether oxygens (including phenoxy) is 1. The topological polar surface area (TPSA) is 36.9 Å². The summed E-state index contributed by atoms with van der Waals surface area (Å²) in [6, 6.07) is 0.798. The van der Waals surface area contributed by atoms with E-state index in [1.807, 2.05) is 0 Å². The van der Waals surface area contributed by atoms with Crippen molar-refractivity contribution in [3.8, 4) is 0 Å².